The number of methoxy groups -OCH3 is 1. The van der Waals surface area contributed by atoms with Gasteiger partial charge in [-0.15, -0.1) is 0 Å². The molecule has 1 aromatic rings. The Labute approximate surface area is 176 Å². The highest BCUT2D eigenvalue weighted by Gasteiger charge is 2.40. The molecule has 1 aromatic carbocycles. The molecule has 0 aliphatic heterocycles. The summed E-state index contributed by atoms with van der Waals surface area (Å²) < 4.78 is 102. The van der Waals surface area contributed by atoms with Gasteiger partial charge in [0.15, 0.2) is 0 Å². The number of benzene rings is 1. The van der Waals surface area contributed by atoms with Crippen LogP contribution >= 0.6 is 0 Å². The van der Waals surface area contributed by atoms with Crippen LogP contribution in [0.3, 0.4) is 0 Å². The molecule has 0 N–H and O–H groups in total. The van der Waals surface area contributed by atoms with Crippen molar-refractivity contribution in [2.75, 3.05) is 38.7 Å². The van der Waals surface area contributed by atoms with Gasteiger partial charge in [-0.25, -0.2) is 38.5 Å². The SMILES string of the molecule is COC(=O)c1ccc([C@@H](CN(S(C)(=O)=O)S(C)(=O)=O)N(S(C)(=O)=O)S(C)(=O)=O)cc1. The fraction of sp³-hybridized carbons (Fsp3) is 0.500. The molecular formula is C14H22N2O10S4. The van der Waals surface area contributed by atoms with Crippen LogP contribution in [-0.4, -0.2) is 85.7 Å². The van der Waals surface area contributed by atoms with E-state index in [-0.39, 0.29) is 18.5 Å². The largest absolute Gasteiger partial charge is 0.465 e. The standard InChI is InChI=1S/C14H22N2O10S4/c1-26-14(17)12-8-6-11(7-9-12)13(16(29(4,22)23)30(5,24)25)10-15(27(2,18)19)28(3,20)21/h6-9,13H,10H2,1-5H3/t13-/m1/s1. The molecule has 0 heterocycles. The topological polar surface area (TPSA) is 169 Å². The van der Waals surface area contributed by atoms with Crippen LogP contribution in [0.5, 0.6) is 0 Å². The Hall–Kier alpha value is -1.59. The van der Waals surface area contributed by atoms with E-state index in [1.807, 2.05) is 0 Å². The highest BCUT2D eigenvalue weighted by molar-refractivity contribution is 8.04. The molecule has 0 spiro atoms. The lowest BCUT2D eigenvalue weighted by atomic mass is 10.1. The average molecular weight is 507 g/mol. The monoisotopic (exact) mass is 506 g/mol. The van der Waals surface area contributed by atoms with Crippen LogP contribution in [0.1, 0.15) is 22.0 Å². The van der Waals surface area contributed by atoms with Crippen molar-refractivity contribution < 1.29 is 43.2 Å². The van der Waals surface area contributed by atoms with Crippen LogP contribution in [0, 0.1) is 0 Å². The highest BCUT2D eigenvalue weighted by Crippen LogP contribution is 2.29. The normalized spacial score (nSPS) is 14.6. The fourth-order valence-electron chi connectivity index (χ4n) is 2.62. The molecule has 0 aromatic heterocycles. The summed E-state index contributed by atoms with van der Waals surface area (Å²) in [6.45, 7) is -1.05. The summed E-state index contributed by atoms with van der Waals surface area (Å²) in [5.74, 6) is -0.727. The Balaban J connectivity index is 3.78. The number of hydrogen-bond acceptors (Lipinski definition) is 10. The number of nitrogens with zero attached hydrogens (tertiary/aromatic N) is 2. The third-order valence-corrected chi connectivity index (χ3v) is 10.5. The first-order valence-corrected chi connectivity index (χ1v) is 15.2. The van der Waals surface area contributed by atoms with E-state index >= 15 is 0 Å². The lowest BCUT2D eigenvalue weighted by Gasteiger charge is -2.31. The molecule has 16 heteroatoms. The number of hydrogen-bond donors (Lipinski definition) is 0. The Bertz CT molecular complexity index is 1150. The van der Waals surface area contributed by atoms with Gasteiger partial charge in [-0.1, -0.05) is 19.6 Å². The Morgan fingerprint density at radius 3 is 1.50 bits per heavy atom. The zero-order valence-electron chi connectivity index (χ0n) is 16.7. The predicted molar refractivity (Wildman–Crippen MR) is 108 cm³/mol. The van der Waals surface area contributed by atoms with Gasteiger partial charge in [0.1, 0.15) is 0 Å². The Morgan fingerprint density at radius 1 is 0.800 bits per heavy atom. The number of esters is 1. The minimum atomic E-state index is -4.50. The first-order chi connectivity index (χ1) is 13.3. The smallest absolute Gasteiger partial charge is 0.337 e. The van der Waals surface area contributed by atoms with Crippen molar-refractivity contribution in [1.29, 1.82) is 0 Å². The van der Waals surface area contributed by atoms with E-state index in [0.717, 1.165) is 7.11 Å². The van der Waals surface area contributed by atoms with E-state index in [4.69, 9.17) is 0 Å². The number of ether oxygens (including phenoxy) is 1. The molecule has 0 aliphatic rings. The zero-order valence-corrected chi connectivity index (χ0v) is 20.0. The van der Waals surface area contributed by atoms with Crippen LogP contribution in [0.25, 0.3) is 0 Å². The molecule has 12 nitrogen and oxygen atoms in total. The van der Waals surface area contributed by atoms with Gasteiger partial charge in [0.05, 0.1) is 50.3 Å². The molecule has 30 heavy (non-hydrogen) atoms. The minimum Gasteiger partial charge on any atom is -0.465 e. The first-order valence-electron chi connectivity index (χ1n) is 7.86. The van der Waals surface area contributed by atoms with Gasteiger partial charge in [0.25, 0.3) is 0 Å². The number of carbonyl (C=O) groups is 1. The van der Waals surface area contributed by atoms with Crippen LogP contribution < -0.4 is 0 Å². The minimum absolute atomic E-state index is 0.00223. The molecule has 0 aliphatic carbocycles. The molecule has 172 valence electrons. The summed E-state index contributed by atoms with van der Waals surface area (Å²) in [6.07, 6.45) is 2.32. The summed E-state index contributed by atoms with van der Waals surface area (Å²) in [5.41, 5.74) is -0.0239. The second-order valence-corrected chi connectivity index (χ2v) is 14.4. The first kappa shape index (κ1) is 26.4. The predicted octanol–water partition coefficient (Wildman–Crippen LogP) is -1.04. The number of sulfonamides is 4. The second kappa shape index (κ2) is 8.88. The Kier molecular flexibility index (Phi) is 7.82. The van der Waals surface area contributed by atoms with Crippen molar-refractivity contribution in [2.45, 2.75) is 6.04 Å². The van der Waals surface area contributed by atoms with Crippen molar-refractivity contribution in [3.05, 3.63) is 35.4 Å². The van der Waals surface area contributed by atoms with E-state index in [2.05, 4.69) is 4.74 Å². The summed E-state index contributed by atoms with van der Waals surface area (Å²) in [6, 6.07) is 2.96. The maximum Gasteiger partial charge on any atom is 0.337 e. The van der Waals surface area contributed by atoms with Gasteiger partial charge < -0.3 is 4.74 Å². The maximum absolute atomic E-state index is 12.3. The van der Waals surface area contributed by atoms with Gasteiger partial charge in [0.2, 0.25) is 40.1 Å². The fourth-order valence-corrected chi connectivity index (χ4v) is 8.68. The molecule has 0 radical (unpaired) electrons. The van der Waals surface area contributed by atoms with Gasteiger partial charge in [-0.2, -0.15) is 0 Å². The lowest BCUT2D eigenvalue weighted by Crippen LogP contribution is -2.46. The summed E-state index contributed by atoms with van der Waals surface area (Å²) in [5, 5.41) is 0. The molecular weight excluding hydrogens is 484 g/mol. The Morgan fingerprint density at radius 2 is 1.20 bits per heavy atom. The van der Waals surface area contributed by atoms with Crippen molar-refractivity contribution >= 4 is 46.1 Å². The lowest BCUT2D eigenvalue weighted by molar-refractivity contribution is 0.0600. The molecule has 0 saturated carbocycles. The molecule has 0 amide bonds. The quantitative estimate of drug-likeness (QED) is 0.377. The van der Waals surface area contributed by atoms with E-state index < -0.39 is 58.6 Å². The van der Waals surface area contributed by atoms with Crippen molar-refractivity contribution in [3.63, 3.8) is 0 Å². The molecule has 0 saturated heterocycles. The third kappa shape index (κ3) is 6.71. The van der Waals surface area contributed by atoms with Gasteiger partial charge in [-0.3, -0.25) is 0 Å². The van der Waals surface area contributed by atoms with Crippen LogP contribution in [0.4, 0.5) is 0 Å². The number of rotatable bonds is 9. The van der Waals surface area contributed by atoms with Crippen molar-refractivity contribution in [2.24, 2.45) is 0 Å². The summed E-state index contributed by atoms with van der Waals surface area (Å²) in [7, 11) is -16.7. The second-order valence-electron chi connectivity index (χ2n) is 6.36. The van der Waals surface area contributed by atoms with Crippen LogP contribution in [0.15, 0.2) is 24.3 Å². The van der Waals surface area contributed by atoms with Gasteiger partial charge in [0, 0.05) is 0 Å². The average Bonchev–Trinajstić information content (AvgIpc) is 2.53. The third-order valence-electron chi connectivity index (χ3n) is 3.69. The van der Waals surface area contributed by atoms with E-state index in [9.17, 15) is 38.5 Å². The molecule has 0 bridgehead atoms. The van der Waals surface area contributed by atoms with E-state index in [1.165, 1.54) is 24.3 Å². The maximum atomic E-state index is 12.3. The van der Waals surface area contributed by atoms with Crippen LogP contribution in [0.2, 0.25) is 0 Å². The summed E-state index contributed by atoms with van der Waals surface area (Å²) >= 11 is 0. The van der Waals surface area contributed by atoms with E-state index in [0.29, 0.717) is 25.0 Å². The van der Waals surface area contributed by atoms with Crippen molar-refractivity contribution in [1.82, 2.24) is 7.42 Å². The molecule has 0 fully saturated rings. The summed E-state index contributed by atoms with van der Waals surface area (Å²) in [4.78, 5) is 11.6. The van der Waals surface area contributed by atoms with Crippen molar-refractivity contribution in [3.8, 4) is 0 Å². The number of carbonyl (C=O) groups excluding carboxylic acids is 1. The van der Waals surface area contributed by atoms with E-state index in [1.54, 1.807) is 0 Å². The molecule has 0 unspecified atom stereocenters. The highest BCUT2D eigenvalue weighted by atomic mass is 32.3. The van der Waals surface area contributed by atoms with Gasteiger partial charge >= 0.3 is 5.97 Å². The molecule has 1 atom stereocenters. The molecule has 1 rings (SSSR count). The van der Waals surface area contributed by atoms with Gasteiger partial charge in [-0.05, 0) is 17.7 Å². The zero-order chi connectivity index (χ0) is 23.7. The van der Waals surface area contributed by atoms with Crippen LogP contribution in [-0.2, 0) is 44.8 Å².